The fourth-order valence-electron chi connectivity index (χ4n) is 2.65. The molecule has 7 atom stereocenters. The van der Waals surface area contributed by atoms with E-state index in [1.165, 1.54) is 0 Å². The van der Waals surface area contributed by atoms with Gasteiger partial charge in [-0.3, -0.25) is 0 Å². The van der Waals surface area contributed by atoms with Crippen molar-refractivity contribution >= 4 is 0 Å². The van der Waals surface area contributed by atoms with Crippen LogP contribution in [-0.2, 0) is 4.74 Å². The van der Waals surface area contributed by atoms with Gasteiger partial charge in [0.05, 0.1) is 23.9 Å². The van der Waals surface area contributed by atoms with E-state index < -0.39 is 30.2 Å². The highest BCUT2D eigenvalue weighted by molar-refractivity contribution is 4.95. The summed E-state index contributed by atoms with van der Waals surface area (Å²) < 4.78 is 5.38. The van der Waals surface area contributed by atoms with Crippen molar-refractivity contribution in [3.05, 3.63) is 0 Å². The lowest BCUT2D eigenvalue weighted by atomic mass is 9.77. The number of aliphatic hydroxyl groups is 4. The molecule has 0 aromatic rings. The first kappa shape index (κ1) is 14.9. The topological polar surface area (TPSA) is 90.2 Å². The summed E-state index contributed by atoms with van der Waals surface area (Å²) in [6.45, 7) is 6.60. The Balaban J connectivity index is 2.82. The van der Waals surface area contributed by atoms with Crippen LogP contribution in [0.3, 0.4) is 0 Å². The fourth-order valence-corrected chi connectivity index (χ4v) is 2.65. The van der Waals surface area contributed by atoms with Gasteiger partial charge in [0.2, 0.25) is 0 Å². The van der Waals surface area contributed by atoms with Crippen molar-refractivity contribution in [2.75, 3.05) is 0 Å². The molecule has 0 amide bonds. The van der Waals surface area contributed by atoms with Gasteiger partial charge in [0.25, 0.3) is 0 Å². The Kier molecular flexibility index (Phi) is 4.54. The normalized spacial score (nSPS) is 44.1. The fraction of sp³-hybridized carbons (Fsp3) is 1.00. The second-order valence-corrected chi connectivity index (χ2v) is 5.57. The molecule has 0 spiro atoms. The monoisotopic (exact) mass is 248 g/mol. The van der Waals surface area contributed by atoms with E-state index in [2.05, 4.69) is 0 Å². The highest BCUT2D eigenvalue weighted by Gasteiger charge is 2.47. The highest BCUT2D eigenvalue weighted by atomic mass is 16.6. The Hall–Kier alpha value is -0.200. The van der Waals surface area contributed by atoms with E-state index in [1.54, 1.807) is 27.7 Å². The molecule has 0 aromatic carbocycles. The van der Waals surface area contributed by atoms with Gasteiger partial charge in [-0.15, -0.1) is 0 Å². The van der Waals surface area contributed by atoms with Gasteiger partial charge in [0.1, 0.15) is 0 Å². The summed E-state index contributed by atoms with van der Waals surface area (Å²) in [4.78, 5) is 0. The summed E-state index contributed by atoms with van der Waals surface area (Å²) in [6, 6.07) is 0. The molecule has 0 bridgehead atoms. The summed E-state index contributed by atoms with van der Waals surface area (Å²) in [5.74, 6) is -0.689. The lowest BCUT2D eigenvalue weighted by Crippen LogP contribution is -2.58. The molecule has 1 aliphatic heterocycles. The van der Waals surface area contributed by atoms with Crippen LogP contribution in [0, 0.1) is 11.8 Å². The maximum absolute atomic E-state index is 10.3. The summed E-state index contributed by atoms with van der Waals surface area (Å²) in [5.41, 5.74) is -1.28. The van der Waals surface area contributed by atoms with Crippen molar-refractivity contribution in [2.45, 2.75) is 64.3 Å². The summed E-state index contributed by atoms with van der Waals surface area (Å²) >= 11 is 0. The number of hydrogen-bond acceptors (Lipinski definition) is 5. The van der Waals surface area contributed by atoms with E-state index in [-0.39, 0.29) is 18.3 Å². The summed E-state index contributed by atoms with van der Waals surface area (Å²) in [7, 11) is 0. The van der Waals surface area contributed by atoms with Crippen molar-refractivity contribution in [3.8, 4) is 0 Å². The third-order valence-electron chi connectivity index (χ3n) is 3.61. The van der Waals surface area contributed by atoms with Crippen LogP contribution in [0.5, 0.6) is 0 Å². The van der Waals surface area contributed by atoms with Crippen molar-refractivity contribution in [1.82, 2.24) is 0 Å². The Bertz CT molecular complexity index is 253. The minimum Gasteiger partial charge on any atom is -0.393 e. The number of ether oxygens (including phenoxy) is 1. The van der Waals surface area contributed by atoms with Gasteiger partial charge >= 0.3 is 0 Å². The molecule has 0 aliphatic carbocycles. The molecule has 5 nitrogen and oxygen atoms in total. The molecule has 17 heavy (non-hydrogen) atoms. The SMILES string of the molecule is C[C@H]1[C@H](O)[C@@H](C)C(O)O[C@H]1[C@](C)(O)C[C@@H](C)O. The third kappa shape index (κ3) is 3.17. The molecule has 1 fully saturated rings. The van der Waals surface area contributed by atoms with Gasteiger partial charge in [0, 0.05) is 18.3 Å². The minimum atomic E-state index is -1.28. The average Bonchev–Trinajstić information content (AvgIpc) is 2.18. The van der Waals surface area contributed by atoms with Crippen molar-refractivity contribution in [2.24, 2.45) is 11.8 Å². The van der Waals surface area contributed by atoms with E-state index in [4.69, 9.17) is 4.74 Å². The first-order valence-electron chi connectivity index (χ1n) is 6.09. The second kappa shape index (κ2) is 5.20. The lowest BCUT2D eigenvalue weighted by Gasteiger charge is -2.46. The Morgan fingerprint density at radius 1 is 1.24 bits per heavy atom. The number of aliphatic hydroxyl groups excluding tert-OH is 3. The van der Waals surface area contributed by atoms with Gasteiger partial charge in [-0.25, -0.2) is 0 Å². The van der Waals surface area contributed by atoms with Crippen LogP contribution in [0.1, 0.15) is 34.1 Å². The van der Waals surface area contributed by atoms with Crippen LogP contribution in [0.4, 0.5) is 0 Å². The summed E-state index contributed by atoms with van der Waals surface area (Å²) in [6.07, 6.45) is -3.06. The molecule has 1 unspecified atom stereocenters. The van der Waals surface area contributed by atoms with Gasteiger partial charge in [-0.1, -0.05) is 13.8 Å². The number of rotatable bonds is 3. The standard InChI is InChI=1S/C12H24O5/c1-6(13)5-12(4,16)10-7(2)9(14)8(3)11(15)17-10/h6-11,13-16H,5H2,1-4H3/t6-,7+,8-,9+,10-,11?,12-/m1/s1. The number of hydrogen-bond donors (Lipinski definition) is 4. The Morgan fingerprint density at radius 3 is 2.24 bits per heavy atom. The molecule has 0 saturated carbocycles. The lowest BCUT2D eigenvalue weighted by molar-refractivity contribution is -0.281. The quantitative estimate of drug-likeness (QED) is 0.558. The van der Waals surface area contributed by atoms with Crippen molar-refractivity contribution in [3.63, 3.8) is 0 Å². The van der Waals surface area contributed by atoms with Gasteiger partial charge in [0.15, 0.2) is 6.29 Å². The van der Waals surface area contributed by atoms with E-state index in [0.717, 1.165) is 0 Å². The predicted octanol–water partition coefficient (Wildman–Crippen LogP) is -0.141. The zero-order chi connectivity index (χ0) is 13.4. The Labute approximate surface area is 102 Å². The molecular weight excluding hydrogens is 224 g/mol. The molecule has 1 saturated heterocycles. The Morgan fingerprint density at radius 2 is 1.76 bits per heavy atom. The zero-order valence-corrected chi connectivity index (χ0v) is 10.9. The first-order chi connectivity index (χ1) is 7.66. The van der Waals surface area contributed by atoms with Crippen LogP contribution < -0.4 is 0 Å². The van der Waals surface area contributed by atoms with Gasteiger partial charge in [-0.2, -0.15) is 0 Å². The third-order valence-corrected chi connectivity index (χ3v) is 3.61. The zero-order valence-electron chi connectivity index (χ0n) is 10.9. The molecule has 5 heteroatoms. The van der Waals surface area contributed by atoms with Gasteiger partial charge < -0.3 is 25.2 Å². The maximum atomic E-state index is 10.3. The van der Waals surface area contributed by atoms with Crippen LogP contribution in [0.2, 0.25) is 0 Å². The van der Waals surface area contributed by atoms with E-state index in [0.29, 0.717) is 0 Å². The minimum absolute atomic E-state index is 0.135. The van der Waals surface area contributed by atoms with Crippen molar-refractivity contribution < 1.29 is 25.2 Å². The maximum Gasteiger partial charge on any atom is 0.160 e. The smallest absolute Gasteiger partial charge is 0.160 e. The second-order valence-electron chi connectivity index (χ2n) is 5.57. The van der Waals surface area contributed by atoms with Crippen molar-refractivity contribution in [1.29, 1.82) is 0 Å². The molecule has 0 aromatic heterocycles. The van der Waals surface area contributed by atoms with Crippen LogP contribution in [-0.4, -0.2) is 50.6 Å². The molecule has 102 valence electrons. The molecule has 1 rings (SSSR count). The van der Waals surface area contributed by atoms with Crippen LogP contribution in [0.15, 0.2) is 0 Å². The molecule has 1 aliphatic rings. The van der Waals surface area contributed by atoms with E-state index >= 15 is 0 Å². The average molecular weight is 248 g/mol. The predicted molar refractivity (Wildman–Crippen MR) is 62.1 cm³/mol. The van der Waals surface area contributed by atoms with E-state index in [9.17, 15) is 20.4 Å². The van der Waals surface area contributed by atoms with E-state index in [1.807, 2.05) is 0 Å². The molecular formula is C12H24O5. The van der Waals surface area contributed by atoms with Crippen LogP contribution in [0.25, 0.3) is 0 Å². The highest BCUT2D eigenvalue weighted by Crippen LogP contribution is 2.36. The van der Waals surface area contributed by atoms with Gasteiger partial charge in [-0.05, 0) is 13.8 Å². The molecule has 1 heterocycles. The molecule has 0 radical (unpaired) electrons. The summed E-state index contributed by atoms with van der Waals surface area (Å²) in [5, 5.41) is 39.3. The largest absolute Gasteiger partial charge is 0.393 e. The first-order valence-corrected chi connectivity index (χ1v) is 6.09. The van der Waals surface area contributed by atoms with Crippen LogP contribution >= 0.6 is 0 Å². The molecule has 4 N–H and O–H groups in total.